The molecule has 0 spiro atoms. The van der Waals surface area contributed by atoms with Crippen molar-refractivity contribution >= 4 is 10.9 Å². The second kappa shape index (κ2) is 7.83. The molecule has 3 aromatic rings. The Hall–Kier alpha value is -2.46. The Bertz CT molecular complexity index is 912. The molecule has 0 aliphatic rings. The molecular formula is C22H28N2O2. The van der Waals surface area contributed by atoms with E-state index in [2.05, 4.69) is 37.0 Å². The maximum atomic E-state index is 5.71. The van der Waals surface area contributed by atoms with Crippen molar-refractivity contribution < 1.29 is 9.47 Å². The smallest absolute Gasteiger partial charge is 0.161 e. The van der Waals surface area contributed by atoms with E-state index in [-0.39, 0.29) is 0 Å². The summed E-state index contributed by atoms with van der Waals surface area (Å²) in [6.07, 6.45) is 3.12. The number of fused-ring (bicyclic) bond motifs is 1. The van der Waals surface area contributed by atoms with Gasteiger partial charge in [-0.3, -0.25) is 0 Å². The zero-order valence-electron chi connectivity index (χ0n) is 16.1. The van der Waals surface area contributed by atoms with Crippen LogP contribution in [0.1, 0.15) is 29.5 Å². The van der Waals surface area contributed by atoms with Crippen LogP contribution in [-0.2, 0) is 6.42 Å². The molecule has 26 heavy (non-hydrogen) atoms. The molecule has 0 atom stereocenters. The van der Waals surface area contributed by atoms with Gasteiger partial charge in [-0.15, -0.1) is 0 Å². The molecule has 3 N–H and O–H groups in total. The van der Waals surface area contributed by atoms with E-state index in [1.54, 1.807) is 14.2 Å². The van der Waals surface area contributed by atoms with E-state index in [1.807, 2.05) is 12.1 Å². The van der Waals surface area contributed by atoms with Crippen LogP contribution in [0, 0.1) is 13.8 Å². The van der Waals surface area contributed by atoms with Crippen LogP contribution in [-0.4, -0.2) is 25.7 Å². The number of nitrogens with two attached hydrogens (primary N) is 1. The van der Waals surface area contributed by atoms with Gasteiger partial charge in [-0.05, 0) is 80.6 Å². The number of ether oxygens (including phenoxy) is 2. The summed E-state index contributed by atoms with van der Waals surface area (Å²) in [6.45, 7) is 5.05. The third-order valence-electron chi connectivity index (χ3n) is 4.90. The first-order valence-electron chi connectivity index (χ1n) is 9.13. The average Bonchev–Trinajstić information content (AvgIpc) is 3.00. The molecule has 4 heteroatoms. The Balaban J connectivity index is 2.18. The fourth-order valence-electron chi connectivity index (χ4n) is 3.74. The molecule has 1 aromatic heterocycles. The molecule has 0 unspecified atom stereocenters. The second-order valence-electron chi connectivity index (χ2n) is 6.80. The number of methoxy groups -OCH3 is 2. The highest BCUT2D eigenvalue weighted by molar-refractivity contribution is 5.94. The van der Waals surface area contributed by atoms with E-state index in [9.17, 15) is 0 Å². The lowest BCUT2D eigenvalue weighted by molar-refractivity contribution is 0.355. The van der Waals surface area contributed by atoms with Gasteiger partial charge in [-0.25, -0.2) is 0 Å². The standard InChI is InChI=1S/C22H28N2O2/c1-14-11-15(2)21-17(7-5-6-10-23)22(24-18(21)12-14)16-8-9-19(25-3)20(13-16)26-4/h8-9,11-13,24H,5-7,10,23H2,1-4H3. The average molecular weight is 352 g/mol. The summed E-state index contributed by atoms with van der Waals surface area (Å²) >= 11 is 0. The van der Waals surface area contributed by atoms with E-state index in [4.69, 9.17) is 15.2 Å². The molecule has 2 aromatic carbocycles. The third kappa shape index (κ3) is 3.42. The molecule has 0 saturated carbocycles. The van der Waals surface area contributed by atoms with Crippen LogP contribution in [0.15, 0.2) is 30.3 Å². The molecule has 4 nitrogen and oxygen atoms in total. The van der Waals surface area contributed by atoms with Gasteiger partial charge in [0.2, 0.25) is 0 Å². The summed E-state index contributed by atoms with van der Waals surface area (Å²) in [5.74, 6) is 1.48. The maximum absolute atomic E-state index is 5.71. The number of hydrogen-bond acceptors (Lipinski definition) is 3. The first kappa shape index (κ1) is 18.3. The minimum atomic E-state index is 0.728. The minimum Gasteiger partial charge on any atom is -0.493 e. The summed E-state index contributed by atoms with van der Waals surface area (Å²) in [7, 11) is 3.33. The van der Waals surface area contributed by atoms with Crippen molar-refractivity contribution in [2.45, 2.75) is 33.1 Å². The molecule has 0 bridgehead atoms. The molecule has 0 aliphatic heterocycles. The van der Waals surface area contributed by atoms with Gasteiger partial charge in [-0.2, -0.15) is 0 Å². The van der Waals surface area contributed by atoms with Crippen molar-refractivity contribution in [2.75, 3.05) is 20.8 Å². The van der Waals surface area contributed by atoms with Gasteiger partial charge in [0.1, 0.15) is 0 Å². The van der Waals surface area contributed by atoms with Gasteiger partial charge in [0.15, 0.2) is 11.5 Å². The number of benzene rings is 2. The van der Waals surface area contributed by atoms with Crippen molar-refractivity contribution in [3.05, 3.63) is 47.0 Å². The van der Waals surface area contributed by atoms with Crippen LogP contribution in [0.3, 0.4) is 0 Å². The monoisotopic (exact) mass is 352 g/mol. The number of H-pyrrole nitrogens is 1. The number of aromatic nitrogens is 1. The number of aryl methyl sites for hydroxylation is 3. The highest BCUT2D eigenvalue weighted by Gasteiger charge is 2.16. The van der Waals surface area contributed by atoms with Gasteiger partial charge in [-0.1, -0.05) is 6.07 Å². The Kier molecular flexibility index (Phi) is 5.52. The lowest BCUT2D eigenvalue weighted by Gasteiger charge is -2.11. The van der Waals surface area contributed by atoms with Crippen molar-refractivity contribution in [1.29, 1.82) is 0 Å². The first-order chi connectivity index (χ1) is 12.6. The number of aromatic amines is 1. The maximum Gasteiger partial charge on any atom is 0.161 e. The van der Waals surface area contributed by atoms with E-state index in [1.165, 1.54) is 27.6 Å². The minimum absolute atomic E-state index is 0.728. The summed E-state index contributed by atoms with van der Waals surface area (Å²) in [6, 6.07) is 10.6. The van der Waals surface area contributed by atoms with Gasteiger partial charge in [0.25, 0.3) is 0 Å². The van der Waals surface area contributed by atoms with E-state index >= 15 is 0 Å². The SMILES string of the molecule is COc1ccc(-c2[nH]c3cc(C)cc(C)c3c2CCCCN)cc1OC. The Morgan fingerprint density at radius 1 is 0.962 bits per heavy atom. The molecule has 0 saturated heterocycles. The molecule has 0 fully saturated rings. The highest BCUT2D eigenvalue weighted by atomic mass is 16.5. The van der Waals surface area contributed by atoms with E-state index in [0.717, 1.165) is 48.6 Å². The lowest BCUT2D eigenvalue weighted by atomic mass is 9.97. The van der Waals surface area contributed by atoms with Gasteiger partial charge < -0.3 is 20.2 Å². The molecule has 0 amide bonds. The van der Waals surface area contributed by atoms with Crippen molar-refractivity contribution in [1.82, 2.24) is 4.98 Å². The highest BCUT2D eigenvalue weighted by Crippen LogP contribution is 2.37. The quantitative estimate of drug-likeness (QED) is 0.603. The fourth-order valence-corrected chi connectivity index (χ4v) is 3.74. The van der Waals surface area contributed by atoms with Crippen LogP contribution in [0.4, 0.5) is 0 Å². The fraction of sp³-hybridized carbons (Fsp3) is 0.364. The second-order valence-corrected chi connectivity index (χ2v) is 6.80. The van der Waals surface area contributed by atoms with Crippen LogP contribution >= 0.6 is 0 Å². The normalized spacial score (nSPS) is 11.1. The summed E-state index contributed by atoms with van der Waals surface area (Å²) in [5.41, 5.74) is 13.1. The van der Waals surface area contributed by atoms with E-state index < -0.39 is 0 Å². The molecule has 0 aliphatic carbocycles. The van der Waals surface area contributed by atoms with Crippen LogP contribution < -0.4 is 15.2 Å². The van der Waals surface area contributed by atoms with Gasteiger partial charge in [0.05, 0.1) is 14.2 Å². The summed E-state index contributed by atoms with van der Waals surface area (Å²) in [5, 5.41) is 1.33. The molecule has 138 valence electrons. The molecule has 0 radical (unpaired) electrons. The number of nitrogens with one attached hydrogen (secondary N) is 1. The Morgan fingerprint density at radius 2 is 1.73 bits per heavy atom. The largest absolute Gasteiger partial charge is 0.493 e. The number of hydrogen-bond donors (Lipinski definition) is 2. The van der Waals surface area contributed by atoms with Crippen LogP contribution in [0.5, 0.6) is 11.5 Å². The lowest BCUT2D eigenvalue weighted by Crippen LogP contribution is -1.99. The van der Waals surface area contributed by atoms with Gasteiger partial charge >= 0.3 is 0 Å². The zero-order chi connectivity index (χ0) is 18.7. The topological polar surface area (TPSA) is 60.3 Å². The number of rotatable bonds is 7. The molecule has 1 heterocycles. The van der Waals surface area contributed by atoms with Crippen molar-refractivity contribution in [2.24, 2.45) is 5.73 Å². The predicted octanol–water partition coefficient (Wildman–Crippen LogP) is 4.75. The number of unbranched alkanes of at least 4 members (excludes halogenated alkanes) is 1. The van der Waals surface area contributed by atoms with Crippen LogP contribution in [0.2, 0.25) is 0 Å². The van der Waals surface area contributed by atoms with Crippen LogP contribution in [0.25, 0.3) is 22.2 Å². The molecule has 3 rings (SSSR count). The van der Waals surface area contributed by atoms with Gasteiger partial charge in [0, 0.05) is 22.2 Å². The van der Waals surface area contributed by atoms with Crippen molar-refractivity contribution in [3.63, 3.8) is 0 Å². The first-order valence-corrected chi connectivity index (χ1v) is 9.13. The predicted molar refractivity (Wildman–Crippen MR) is 108 cm³/mol. The third-order valence-corrected chi connectivity index (χ3v) is 4.90. The summed E-state index contributed by atoms with van der Waals surface area (Å²) < 4.78 is 10.9. The van der Waals surface area contributed by atoms with Crippen molar-refractivity contribution in [3.8, 4) is 22.8 Å². The van der Waals surface area contributed by atoms with E-state index in [0.29, 0.717) is 0 Å². The zero-order valence-corrected chi connectivity index (χ0v) is 16.1. The molecular weight excluding hydrogens is 324 g/mol. The Labute approximate surface area is 155 Å². The summed E-state index contributed by atoms with van der Waals surface area (Å²) in [4.78, 5) is 3.65. The Morgan fingerprint density at radius 3 is 2.42 bits per heavy atom.